The summed E-state index contributed by atoms with van der Waals surface area (Å²) in [6.45, 7) is 3.85. The number of rotatable bonds is 4. The Labute approximate surface area is 132 Å². The van der Waals surface area contributed by atoms with Gasteiger partial charge in [-0.05, 0) is 17.7 Å². The summed E-state index contributed by atoms with van der Waals surface area (Å²) in [5.74, 6) is 0.654. The van der Waals surface area contributed by atoms with Gasteiger partial charge < -0.3 is 9.63 Å². The topological polar surface area (TPSA) is 59.2 Å². The normalized spacial score (nSPS) is 12.1. The molecule has 22 heavy (non-hydrogen) atoms. The summed E-state index contributed by atoms with van der Waals surface area (Å²) in [6.07, 6.45) is -0.956. The highest BCUT2D eigenvalue weighted by molar-refractivity contribution is 6.30. The van der Waals surface area contributed by atoms with Crippen LogP contribution < -0.4 is 0 Å². The van der Waals surface area contributed by atoms with Crippen LogP contribution in [-0.2, 0) is 0 Å². The second-order valence-electron chi connectivity index (χ2n) is 4.77. The van der Waals surface area contributed by atoms with E-state index < -0.39 is 6.10 Å². The Kier molecular flexibility index (Phi) is 4.04. The quantitative estimate of drug-likeness (QED) is 0.786. The van der Waals surface area contributed by atoms with Gasteiger partial charge in [-0.15, -0.1) is 0 Å². The molecule has 0 bridgehead atoms. The van der Waals surface area contributed by atoms with E-state index in [-0.39, 0.29) is 5.89 Å². The minimum Gasteiger partial charge on any atom is -0.383 e. The molecule has 0 saturated heterocycles. The Balaban J connectivity index is 1.85. The molecule has 1 N–H and O–H groups in total. The van der Waals surface area contributed by atoms with Gasteiger partial charge in [-0.3, -0.25) is 0 Å². The molecule has 0 radical (unpaired) electrons. The number of aromatic nitrogens is 2. The van der Waals surface area contributed by atoms with Gasteiger partial charge in [0, 0.05) is 16.2 Å². The maximum atomic E-state index is 10.4. The number of aliphatic hydroxyl groups is 1. The molecule has 4 nitrogen and oxygen atoms in total. The Morgan fingerprint density at radius 1 is 1.14 bits per heavy atom. The van der Waals surface area contributed by atoms with Crippen LogP contribution in [-0.4, -0.2) is 15.2 Å². The highest BCUT2D eigenvalue weighted by atomic mass is 35.5. The smallest absolute Gasteiger partial charge is 0.256 e. The standard InChI is InChI=1S/C17H13ClN2O2/c1-11(15(21)13-8-5-9-14(18)10-13)17-19-16(20-22-17)12-6-3-2-4-7-12/h2-10,15,21H,1H2. The van der Waals surface area contributed by atoms with Gasteiger partial charge in [0.25, 0.3) is 5.89 Å². The predicted molar refractivity (Wildman–Crippen MR) is 85.2 cm³/mol. The molecule has 0 aliphatic carbocycles. The minimum absolute atomic E-state index is 0.200. The number of halogens is 1. The molecule has 0 fully saturated rings. The highest BCUT2D eigenvalue weighted by Gasteiger charge is 2.19. The number of aliphatic hydroxyl groups excluding tert-OH is 1. The summed E-state index contributed by atoms with van der Waals surface area (Å²) < 4.78 is 5.20. The SMILES string of the molecule is C=C(c1nc(-c2ccccc2)no1)C(O)c1cccc(Cl)c1. The van der Waals surface area contributed by atoms with Crippen molar-refractivity contribution in [3.05, 3.63) is 77.7 Å². The van der Waals surface area contributed by atoms with Gasteiger partial charge >= 0.3 is 0 Å². The van der Waals surface area contributed by atoms with Crippen LogP contribution in [0.2, 0.25) is 5.02 Å². The highest BCUT2D eigenvalue weighted by Crippen LogP contribution is 2.29. The molecule has 2 aromatic carbocycles. The first-order chi connectivity index (χ1) is 10.6. The van der Waals surface area contributed by atoms with E-state index in [9.17, 15) is 5.11 Å². The van der Waals surface area contributed by atoms with Crippen molar-refractivity contribution in [1.29, 1.82) is 0 Å². The first-order valence-corrected chi connectivity index (χ1v) is 7.05. The van der Waals surface area contributed by atoms with Crippen LogP contribution in [0, 0.1) is 0 Å². The summed E-state index contributed by atoms with van der Waals surface area (Å²) >= 11 is 5.93. The number of nitrogens with zero attached hydrogens (tertiary/aromatic N) is 2. The molecule has 1 atom stereocenters. The molecule has 0 saturated carbocycles. The average molecular weight is 313 g/mol. The molecule has 5 heteroatoms. The zero-order chi connectivity index (χ0) is 15.5. The molecular formula is C17H13ClN2O2. The maximum Gasteiger partial charge on any atom is 0.256 e. The van der Waals surface area contributed by atoms with Crippen LogP contribution in [0.3, 0.4) is 0 Å². The minimum atomic E-state index is -0.956. The number of hydrogen-bond acceptors (Lipinski definition) is 4. The Morgan fingerprint density at radius 2 is 1.91 bits per heavy atom. The lowest BCUT2D eigenvalue weighted by Crippen LogP contribution is -2.00. The number of benzene rings is 2. The van der Waals surface area contributed by atoms with Crippen LogP contribution in [0.5, 0.6) is 0 Å². The Bertz CT molecular complexity index is 799. The second-order valence-corrected chi connectivity index (χ2v) is 5.21. The molecule has 0 aliphatic rings. The van der Waals surface area contributed by atoms with Gasteiger partial charge in [0.15, 0.2) is 0 Å². The first kappa shape index (κ1) is 14.5. The van der Waals surface area contributed by atoms with E-state index in [4.69, 9.17) is 16.1 Å². The maximum absolute atomic E-state index is 10.4. The lowest BCUT2D eigenvalue weighted by molar-refractivity contribution is 0.233. The van der Waals surface area contributed by atoms with Crippen molar-refractivity contribution in [2.24, 2.45) is 0 Å². The third-order valence-electron chi connectivity index (χ3n) is 3.23. The van der Waals surface area contributed by atoms with Gasteiger partial charge in [0.05, 0.1) is 0 Å². The van der Waals surface area contributed by atoms with Gasteiger partial charge in [0.2, 0.25) is 5.82 Å². The van der Waals surface area contributed by atoms with Crippen LogP contribution >= 0.6 is 11.6 Å². The van der Waals surface area contributed by atoms with Gasteiger partial charge in [-0.25, -0.2) is 0 Å². The second kappa shape index (κ2) is 6.13. The average Bonchev–Trinajstić information content (AvgIpc) is 3.04. The third-order valence-corrected chi connectivity index (χ3v) is 3.46. The van der Waals surface area contributed by atoms with Gasteiger partial charge in [-0.2, -0.15) is 4.98 Å². The van der Waals surface area contributed by atoms with Gasteiger partial charge in [-0.1, -0.05) is 65.8 Å². The molecule has 3 aromatic rings. The summed E-state index contributed by atoms with van der Waals surface area (Å²) in [7, 11) is 0. The molecule has 0 spiro atoms. The van der Waals surface area contributed by atoms with Crippen LogP contribution in [0.25, 0.3) is 17.0 Å². The Morgan fingerprint density at radius 3 is 2.64 bits per heavy atom. The fourth-order valence-electron chi connectivity index (χ4n) is 2.05. The first-order valence-electron chi connectivity index (χ1n) is 6.67. The van der Waals surface area contributed by atoms with Crippen molar-refractivity contribution in [1.82, 2.24) is 10.1 Å². The third kappa shape index (κ3) is 2.93. The molecule has 0 amide bonds. The van der Waals surface area contributed by atoms with E-state index in [1.54, 1.807) is 24.3 Å². The lowest BCUT2D eigenvalue weighted by atomic mass is 10.0. The largest absolute Gasteiger partial charge is 0.383 e. The summed E-state index contributed by atoms with van der Waals surface area (Å²) in [6, 6.07) is 16.4. The monoisotopic (exact) mass is 312 g/mol. The molecule has 1 aromatic heterocycles. The molecule has 1 heterocycles. The van der Waals surface area contributed by atoms with E-state index in [0.717, 1.165) is 5.56 Å². The van der Waals surface area contributed by atoms with Crippen LogP contribution in [0.4, 0.5) is 0 Å². The van der Waals surface area contributed by atoms with Crippen molar-refractivity contribution in [2.75, 3.05) is 0 Å². The lowest BCUT2D eigenvalue weighted by Gasteiger charge is -2.11. The van der Waals surface area contributed by atoms with Crippen molar-refractivity contribution in [2.45, 2.75) is 6.10 Å². The van der Waals surface area contributed by atoms with Crippen LogP contribution in [0.1, 0.15) is 17.6 Å². The van der Waals surface area contributed by atoms with E-state index in [1.165, 1.54) is 0 Å². The molecule has 0 aliphatic heterocycles. The van der Waals surface area contributed by atoms with Crippen molar-refractivity contribution >= 4 is 17.2 Å². The van der Waals surface area contributed by atoms with E-state index >= 15 is 0 Å². The summed E-state index contributed by atoms with van der Waals surface area (Å²) in [5.41, 5.74) is 1.79. The van der Waals surface area contributed by atoms with E-state index in [0.29, 0.717) is 22.0 Å². The summed E-state index contributed by atoms with van der Waals surface area (Å²) in [4.78, 5) is 4.28. The predicted octanol–water partition coefficient (Wildman–Crippen LogP) is 4.14. The molecule has 1 unspecified atom stereocenters. The van der Waals surface area contributed by atoms with Gasteiger partial charge in [0.1, 0.15) is 6.10 Å². The van der Waals surface area contributed by atoms with Crippen molar-refractivity contribution in [3.63, 3.8) is 0 Å². The van der Waals surface area contributed by atoms with E-state index in [2.05, 4.69) is 16.7 Å². The Hall–Kier alpha value is -2.43. The number of hydrogen-bond donors (Lipinski definition) is 1. The van der Waals surface area contributed by atoms with E-state index in [1.807, 2.05) is 30.3 Å². The van der Waals surface area contributed by atoms with Crippen molar-refractivity contribution in [3.8, 4) is 11.4 Å². The zero-order valence-electron chi connectivity index (χ0n) is 11.6. The van der Waals surface area contributed by atoms with Crippen molar-refractivity contribution < 1.29 is 9.63 Å². The van der Waals surface area contributed by atoms with Crippen LogP contribution in [0.15, 0.2) is 65.7 Å². The molecular weight excluding hydrogens is 300 g/mol. The molecule has 110 valence electrons. The fourth-order valence-corrected chi connectivity index (χ4v) is 2.25. The zero-order valence-corrected chi connectivity index (χ0v) is 12.4. The summed E-state index contributed by atoms with van der Waals surface area (Å²) in [5, 5.41) is 14.8. The molecule has 3 rings (SSSR count). The fraction of sp³-hybridized carbons (Fsp3) is 0.0588.